The Labute approximate surface area is 326 Å². The van der Waals surface area contributed by atoms with Gasteiger partial charge in [0.25, 0.3) is 8.32 Å². The largest absolute Gasteiger partial charge is 0.497 e. The monoisotopic (exact) mass is 755 g/mol. The number of azide groups is 1. The van der Waals surface area contributed by atoms with E-state index in [-0.39, 0.29) is 59.4 Å². The van der Waals surface area contributed by atoms with Crippen LogP contribution in [0.25, 0.3) is 10.4 Å². The topological polar surface area (TPSA) is 94.9 Å². The Morgan fingerprint density at radius 2 is 1.39 bits per heavy atom. The molecule has 0 unspecified atom stereocenters. The first-order valence-corrected chi connectivity index (χ1v) is 22.3. The lowest BCUT2D eigenvalue weighted by Gasteiger charge is -2.44. The summed E-state index contributed by atoms with van der Waals surface area (Å²) in [6, 6.07) is 29.9. The zero-order chi connectivity index (χ0) is 38.7. The van der Waals surface area contributed by atoms with Gasteiger partial charge in [0.1, 0.15) is 5.75 Å². The van der Waals surface area contributed by atoms with Gasteiger partial charge >= 0.3 is 0 Å². The second kappa shape index (κ2) is 19.6. The van der Waals surface area contributed by atoms with Gasteiger partial charge in [-0.25, -0.2) is 0 Å². The van der Waals surface area contributed by atoms with Crippen molar-refractivity contribution in [1.82, 2.24) is 0 Å². The maximum Gasteiger partial charge on any atom is 0.261 e. The van der Waals surface area contributed by atoms with E-state index in [1.54, 1.807) is 7.11 Å². The van der Waals surface area contributed by atoms with Crippen LogP contribution in [-0.4, -0.2) is 58.6 Å². The van der Waals surface area contributed by atoms with E-state index in [2.05, 4.69) is 131 Å². The van der Waals surface area contributed by atoms with E-state index in [0.717, 1.165) is 56.3 Å². The lowest BCUT2D eigenvalue weighted by atomic mass is 9.84. The molecule has 0 saturated carbocycles. The van der Waals surface area contributed by atoms with E-state index in [0.29, 0.717) is 13.2 Å². The van der Waals surface area contributed by atoms with Gasteiger partial charge in [-0.1, -0.05) is 133 Å². The van der Waals surface area contributed by atoms with E-state index < -0.39 is 8.32 Å². The van der Waals surface area contributed by atoms with Gasteiger partial charge in [0.15, 0.2) is 0 Å². The zero-order valence-corrected chi connectivity index (χ0v) is 35.0. The average Bonchev–Trinajstić information content (AvgIpc) is 3.87. The number of benzene rings is 3. The summed E-state index contributed by atoms with van der Waals surface area (Å²) in [4.78, 5) is 3.11. The molecule has 2 heterocycles. The Bertz CT molecular complexity index is 1560. The molecule has 0 radical (unpaired) electrons. The quantitative estimate of drug-likeness (QED) is 0.0526. The molecule has 0 aromatic heterocycles. The van der Waals surface area contributed by atoms with E-state index in [9.17, 15) is 0 Å². The van der Waals surface area contributed by atoms with Crippen molar-refractivity contribution in [2.24, 2.45) is 22.9 Å². The fourth-order valence-electron chi connectivity index (χ4n) is 8.97. The SMILES string of the molecule is CCC[C@H](C[C@@H]1CC[C@H]([C@@H](C)[C@H](OCc2ccc(OC)cc2)[C@H](C)[C@@H]2CC[C@H]([C@@H](C)CO[Si](c3ccccc3)(c3ccccc3)C(C)(C)C)O2)O1)N=[N+]=[N-]. The van der Waals surface area contributed by atoms with Gasteiger partial charge < -0.3 is 23.4 Å². The summed E-state index contributed by atoms with van der Waals surface area (Å²) in [6.45, 7) is 17.2. The van der Waals surface area contributed by atoms with Crippen LogP contribution in [0.3, 0.4) is 0 Å². The minimum atomic E-state index is -2.65. The lowest BCUT2D eigenvalue weighted by molar-refractivity contribution is -0.117. The van der Waals surface area contributed by atoms with Gasteiger partial charge in [0, 0.05) is 35.3 Å². The molecule has 2 saturated heterocycles. The second-order valence-electron chi connectivity index (χ2n) is 16.8. The molecule has 0 N–H and O–H groups in total. The van der Waals surface area contributed by atoms with Crippen molar-refractivity contribution in [3.63, 3.8) is 0 Å². The molecule has 3 aromatic carbocycles. The maximum absolute atomic E-state index is 9.12. The summed E-state index contributed by atoms with van der Waals surface area (Å²) in [7, 11) is -0.957. The predicted octanol–water partition coefficient (Wildman–Crippen LogP) is 10.0. The highest BCUT2D eigenvalue weighted by atomic mass is 28.4. The highest BCUT2D eigenvalue weighted by Crippen LogP contribution is 2.40. The van der Waals surface area contributed by atoms with E-state index >= 15 is 0 Å². The van der Waals surface area contributed by atoms with Crippen LogP contribution < -0.4 is 15.1 Å². The van der Waals surface area contributed by atoms with Crippen LogP contribution >= 0.6 is 0 Å². The highest BCUT2D eigenvalue weighted by Gasteiger charge is 2.51. The van der Waals surface area contributed by atoms with Crippen LogP contribution in [-0.2, 0) is 25.2 Å². The fourth-order valence-corrected chi connectivity index (χ4v) is 13.6. The first-order valence-electron chi connectivity index (χ1n) is 20.3. The summed E-state index contributed by atoms with van der Waals surface area (Å²) in [6.07, 6.45) is 6.87. The normalized spacial score (nSPS) is 23.3. The Morgan fingerprint density at radius 3 is 1.94 bits per heavy atom. The molecule has 294 valence electrons. The summed E-state index contributed by atoms with van der Waals surface area (Å²) < 4.78 is 33.3. The molecule has 54 heavy (non-hydrogen) atoms. The van der Waals surface area contributed by atoms with E-state index in [1.165, 1.54) is 10.4 Å². The molecule has 8 nitrogen and oxygen atoms in total. The van der Waals surface area contributed by atoms with Gasteiger partial charge in [-0.15, -0.1) is 0 Å². The van der Waals surface area contributed by atoms with Crippen molar-refractivity contribution >= 4 is 18.7 Å². The molecule has 2 fully saturated rings. The standard InChI is InChI=1S/C45H65N3O5Si/c1-9-16-36(47-48-46)29-38-25-26-42(52-38)33(3)44(50-31-35-21-23-37(49-8)24-22-35)34(4)43-28-27-41(53-43)32(2)30-51-54(45(5,6)7,39-17-12-10-13-18-39)40-19-14-11-15-20-40/h10-15,17-24,32-34,36,38,41-44H,9,16,25-31H2,1-8H3/t32-,33+,34+,36+,38-,41+,42+,43-,44-/m0/s1. The molecule has 0 bridgehead atoms. The first-order chi connectivity index (χ1) is 26.0. The maximum atomic E-state index is 9.12. The molecule has 0 amide bonds. The van der Waals surface area contributed by atoms with Crippen LogP contribution in [0, 0.1) is 17.8 Å². The van der Waals surface area contributed by atoms with Gasteiger partial charge in [-0.05, 0) is 77.2 Å². The number of nitrogens with zero attached hydrogens (tertiary/aromatic N) is 3. The van der Waals surface area contributed by atoms with Crippen LogP contribution in [0.5, 0.6) is 5.75 Å². The van der Waals surface area contributed by atoms with E-state index in [4.69, 9.17) is 28.9 Å². The molecular formula is C45H65N3O5Si. The van der Waals surface area contributed by atoms with Gasteiger partial charge in [-0.3, -0.25) is 0 Å². The number of hydrogen-bond acceptors (Lipinski definition) is 6. The third-order valence-electron chi connectivity index (χ3n) is 12.0. The Morgan fingerprint density at radius 1 is 0.815 bits per heavy atom. The average molecular weight is 756 g/mol. The molecule has 2 aliphatic rings. The van der Waals surface area contributed by atoms with Crippen LogP contribution in [0.2, 0.25) is 5.04 Å². The van der Waals surface area contributed by atoms with Crippen LogP contribution in [0.1, 0.15) is 99.0 Å². The number of hydrogen-bond donors (Lipinski definition) is 0. The highest BCUT2D eigenvalue weighted by molar-refractivity contribution is 6.99. The smallest absolute Gasteiger partial charge is 0.261 e. The van der Waals surface area contributed by atoms with Crippen LogP contribution in [0.4, 0.5) is 0 Å². The molecule has 3 aromatic rings. The summed E-state index contributed by atoms with van der Waals surface area (Å²) in [5.41, 5.74) is 10.2. The second-order valence-corrected chi connectivity index (χ2v) is 21.1. The number of ether oxygens (including phenoxy) is 4. The first kappa shape index (κ1) is 42.0. The minimum absolute atomic E-state index is 0.0218. The fraction of sp³-hybridized carbons (Fsp3) is 0.600. The third-order valence-corrected chi connectivity index (χ3v) is 17.0. The molecule has 5 rings (SSSR count). The van der Waals surface area contributed by atoms with Crippen molar-refractivity contribution in [2.75, 3.05) is 13.7 Å². The number of methoxy groups -OCH3 is 1. The van der Waals surface area contributed by atoms with Gasteiger partial charge in [0.05, 0.1) is 44.2 Å². The van der Waals surface area contributed by atoms with Crippen LogP contribution in [0.15, 0.2) is 90.0 Å². The van der Waals surface area contributed by atoms with Gasteiger partial charge in [0.2, 0.25) is 0 Å². The third kappa shape index (κ3) is 10.2. The van der Waals surface area contributed by atoms with Crippen molar-refractivity contribution < 1.29 is 23.4 Å². The van der Waals surface area contributed by atoms with Crippen molar-refractivity contribution in [2.45, 2.75) is 142 Å². The molecule has 0 aliphatic carbocycles. The van der Waals surface area contributed by atoms with Crippen molar-refractivity contribution in [3.8, 4) is 5.75 Å². The molecule has 0 spiro atoms. The Balaban J connectivity index is 1.29. The van der Waals surface area contributed by atoms with Crippen molar-refractivity contribution in [1.29, 1.82) is 0 Å². The molecule has 9 atom stereocenters. The van der Waals surface area contributed by atoms with Gasteiger partial charge in [-0.2, -0.15) is 0 Å². The summed E-state index contributed by atoms with van der Waals surface area (Å²) in [5, 5.41) is 6.60. The molecule has 2 aliphatic heterocycles. The summed E-state index contributed by atoms with van der Waals surface area (Å²) in [5.74, 6) is 1.38. The Hall–Kier alpha value is -3.17. The van der Waals surface area contributed by atoms with Crippen molar-refractivity contribution in [3.05, 3.63) is 101 Å². The predicted molar refractivity (Wildman–Crippen MR) is 221 cm³/mol. The van der Waals surface area contributed by atoms with E-state index in [1.807, 2.05) is 12.1 Å². The summed E-state index contributed by atoms with van der Waals surface area (Å²) >= 11 is 0. The Kier molecular flexibility index (Phi) is 15.2. The molecular weight excluding hydrogens is 691 g/mol. The zero-order valence-electron chi connectivity index (χ0n) is 34.0. The minimum Gasteiger partial charge on any atom is -0.497 e. The molecule has 9 heteroatoms. The lowest BCUT2D eigenvalue weighted by Crippen LogP contribution is -2.67. The number of rotatable bonds is 19.